The van der Waals surface area contributed by atoms with Crippen molar-refractivity contribution in [3.63, 3.8) is 0 Å². The first-order valence-corrected chi connectivity index (χ1v) is 3.40. The molecule has 2 radical (unpaired) electrons. The minimum atomic E-state index is -0.576. The number of nitro benzene ring substituents is 1. The van der Waals surface area contributed by atoms with Gasteiger partial charge in [-0.3, -0.25) is 14.9 Å². The van der Waals surface area contributed by atoms with E-state index in [0.717, 1.165) is 6.07 Å². The minimum absolute atomic E-state index is 0.138. The second-order valence-corrected chi connectivity index (χ2v) is 2.28. The molecule has 1 N–H and O–H groups in total. The normalized spacial score (nSPS) is 9.23. The first-order chi connectivity index (χ1) is 6.15. The number of rotatable bonds is 2. The lowest BCUT2D eigenvalue weighted by molar-refractivity contribution is -0.384. The Balaban J connectivity index is 3.05. The first-order valence-electron chi connectivity index (χ1n) is 3.40. The van der Waals surface area contributed by atoms with Crippen LogP contribution in [0.2, 0.25) is 0 Å². The van der Waals surface area contributed by atoms with Gasteiger partial charge in [0.25, 0.3) is 5.69 Å². The molecule has 1 aromatic carbocycles. The molecule has 0 aliphatic rings. The Morgan fingerprint density at radius 2 is 2.23 bits per heavy atom. The van der Waals surface area contributed by atoms with Crippen molar-refractivity contribution in [3.05, 3.63) is 39.9 Å². The van der Waals surface area contributed by atoms with Crippen LogP contribution in [0, 0.1) is 10.1 Å². The quantitative estimate of drug-likeness (QED) is 0.402. The van der Waals surface area contributed by atoms with Crippen LogP contribution in [0.15, 0.2) is 24.3 Å². The van der Waals surface area contributed by atoms with Crippen LogP contribution in [0.1, 0.15) is 10.4 Å². The predicted octanol–water partition coefficient (Wildman–Crippen LogP) is 0.408. The van der Waals surface area contributed by atoms with Crippen LogP contribution >= 0.6 is 0 Å². The zero-order valence-corrected chi connectivity index (χ0v) is 6.56. The van der Waals surface area contributed by atoms with Crippen molar-refractivity contribution < 1.29 is 9.72 Å². The highest BCUT2D eigenvalue weighted by Gasteiger charge is 2.08. The lowest BCUT2D eigenvalue weighted by Crippen LogP contribution is -2.19. The van der Waals surface area contributed by atoms with Gasteiger partial charge in [-0.05, 0) is 6.07 Å². The molecule has 1 aromatic rings. The molecule has 0 fully saturated rings. The number of hydrogen-bond acceptors (Lipinski definition) is 3. The zero-order valence-electron chi connectivity index (χ0n) is 6.56. The Morgan fingerprint density at radius 3 is 2.77 bits per heavy atom. The smallest absolute Gasteiger partial charge is 0.270 e. The van der Waals surface area contributed by atoms with Gasteiger partial charge in [-0.1, -0.05) is 6.07 Å². The van der Waals surface area contributed by atoms with Crippen molar-refractivity contribution in [3.8, 4) is 0 Å². The Kier molecular flexibility index (Phi) is 2.64. The van der Waals surface area contributed by atoms with E-state index >= 15 is 0 Å². The first kappa shape index (κ1) is 9.24. The average molecular weight is 176 g/mol. The Labute approximate surface area is 75.3 Å². The van der Waals surface area contributed by atoms with Crippen LogP contribution in [0.4, 0.5) is 5.69 Å². The van der Waals surface area contributed by atoms with Crippen LogP contribution in [0.25, 0.3) is 0 Å². The summed E-state index contributed by atoms with van der Waals surface area (Å²) < 4.78 is 0. The van der Waals surface area contributed by atoms with Crippen molar-refractivity contribution in [1.29, 1.82) is 0 Å². The largest absolute Gasteiger partial charge is 0.405 e. The van der Waals surface area contributed by atoms with E-state index in [1.807, 2.05) is 5.23 Å². The van der Waals surface area contributed by atoms with Gasteiger partial charge in [-0.15, -0.1) is 0 Å². The van der Waals surface area contributed by atoms with E-state index in [2.05, 4.69) is 0 Å². The number of nitrogens with zero attached hydrogens (tertiary/aromatic N) is 1. The lowest BCUT2D eigenvalue weighted by Gasteiger charge is -1.98. The lowest BCUT2D eigenvalue weighted by atomic mass is 10.2. The molecular weight excluding hydrogens is 171 g/mol. The Morgan fingerprint density at radius 1 is 1.54 bits per heavy atom. The highest BCUT2D eigenvalue weighted by Crippen LogP contribution is 2.12. The number of carbonyl (C=O) groups is 1. The van der Waals surface area contributed by atoms with Crippen LogP contribution in [-0.4, -0.2) is 18.8 Å². The summed E-state index contributed by atoms with van der Waals surface area (Å²) in [6.45, 7) is 0. The fraction of sp³-hybridized carbons (Fsp3) is 0. The van der Waals surface area contributed by atoms with E-state index in [1.54, 1.807) is 0 Å². The maximum absolute atomic E-state index is 10.9. The molecule has 0 heterocycles. The maximum Gasteiger partial charge on any atom is 0.270 e. The van der Waals surface area contributed by atoms with Crippen molar-refractivity contribution >= 4 is 19.6 Å². The van der Waals surface area contributed by atoms with E-state index in [4.69, 9.17) is 7.98 Å². The second-order valence-electron chi connectivity index (χ2n) is 2.28. The fourth-order valence-corrected chi connectivity index (χ4v) is 0.844. The predicted molar refractivity (Wildman–Crippen MR) is 46.3 cm³/mol. The Bertz CT molecular complexity index is 353. The summed E-state index contributed by atoms with van der Waals surface area (Å²) in [5, 5.41) is 12.2. The van der Waals surface area contributed by atoms with Crippen molar-refractivity contribution in [1.82, 2.24) is 5.23 Å². The number of amides is 1. The molecule has 0 aliphatic heterocycles. The third-order valence-electron chi connectivity index (χ3n) is 1.45. The van der Waals surface area contributed by atoms with Gasteiger partial charge in [0, 0.05) is 17.7 Å². The number of nitro groups is 1. The molecule has 0 atom stereocenters. The van der Waals surface area contributed by atoms with Crippen molar-refractivity contribution in [2.75, 3.05) is 0 Å². The van der Waals surface area contributed by atoms with Crippen molar-refractivity contribution in [2.45, 2.75) is 0 Å². The van der Waals surface area contributed by atoms with Gasteiger partial charge in [0.1, 0.15) is 0 Å². The molecule has 64 valence electrons. The molecule has 0 aliphatic carbocycles. The molecule has 5 nitrogen and oxygen atoms in total. The number of hydrogen-bond donors (Lipinski definition) is 1. The molecular formula is C7H5BN2O3. The van der Waals surface area contributed by atoms with Gasteiger partial charge in [-0.2, -0.15) is 0 Å². The van der Waals surface area contributed by atoms with E-state index in [9.17, 15) is 14.9 Å². The zero-order chi connectivity index (χ0) is 9.84. The van der Waals surface area contributed by atoms with Crippen molar-refractivity contribution in [2.24, 2.45) is 0 Å². The fourth-order valence-electron chi connectivity index (χ4n) is 0.844. The van der Waals surface area contributed by atoms with E-state index in [1.165, 1.54) is 18.2 Å². The van der Waals surface area contributed by atoms with Gasteiger partial charge >= 0.3 is 0 Å². The molecule has 0 saturated heterocycles. The number of non-ortho nitro benzene ring substituents is 1. The topological polar surface area (TPSA) is 72.2 Å². The number of nitrogens with one attached hydrogen (secondary N) is 1. The maximum atomic E-state index is 10.9. The van der Waals surface area contributed by atoms with E-state index in [-0.39, 0.29) is 11.3 Å². The summed E-state index contributed by atoms with van der Waals surface area (Å²) in [6, 6.07) is 5.31. The molecule has 0 aromatic heterocycles. The van der Waals surface area contributed by atoms with Crippen LogP contribution < -0.4 is 5.23 Å². The summed E-state index contributed by atoms with van der Waals surface area (Å²) in [5.41, 5.74) is 0.0257. The summed E-state index contributed by atoms with van der Waals surface area (Å²) in [7, 11) is 4.86. The highest BCUT2D eigenvalue weighted by atomic mass is 16.6. The van der Waals surface area contributed by atoms with Crippen LogP contribution in [-0.2, 0) is 0 Å². The Hall–Kier alpha value is -1.85. The molecule has 0 spiro atoms. The standard InChI is InChI=1S/C7H5BN2O3/c8-9-7(11)5-2-1-3-6(4-5)10(12)13/h1-4H,(H,9,11). The van der Waals surface area contributed by atoms with Gasteiger partial charge < -0.3 is 5.23 Å². The average Bonchev–Trinajstić information content (AvgIpc) is 2.17. The summed E-state index contributed by atoms with van der Waals surface area (Å²) >= 11 is 0. The SMILES string of the molecule is [B]NC(=O)c1cccc([N+](=O)[O-])c1. The minimum Gasteiger partial charge on any atom is -0.405 e. The van der Waals surface area contributed by atoms with Crippen LogP contribution in [0.3, 0.4) is 0 Å². The third kappa shape index (κ3) is 2.05. The summed E-state index contributed by atoms with van der Waals surface area (Å²) in [5.74, 6) is -0.552. The van der Waals surface area contributed by atoms with E-state index < -0.39 is 10.8 Å². The second kappa shape index (κ2) is 3.71. The highest BCUT2D eigenvalue weighted by molar-refractivity contribution is 6.18. The third-order valence-corrected chi connectivity index (χ3v) is 1.45. The summed E-state index contributed by atoms with van der Waals surface area (Å²) in [4.78, 5) is 20.7. The van der Waals surface area contributed by atoms with Gasteiger partial charge in [-0.25, -0.2) is 0 Å². The molecule has 1 rings (SSSR count). The molecule has 6 heteroatoms. The van der Waals surface area contributed by atoms with Crippen LogP contribution in [0.5, 0.6) is 0 Å². The number of carbonyl (C=O) groups excluding carboxylic acids is 1. The van der Waals surface area contributed by atoms with Gasteiger partial charge in [0.05, 0.1) is 4.92 Å². The monoisotopic (exact) mass is 176 g/mol. The van der Waals surface area contributed by atoms with E-state index in [0.29, 0.717) is 0 Å². The molecule has 0 bridgehead atoms. The summed E-state index contributed by atoms with van der Waals surface area (Å²) in [6.07, 6.45) is 0. The molecule has 13 heavy (non-hydrogen) atoms. The van der Waals surface area contributed by atoms with Gasteiger partial charge in [0.15, 0.2) is 0 Å². The molecule has 0 saturated carbocycles. The van der Waals surface area contributed by atoms with Gasteiger partial charge in [0.2, 0.25) is 13.9 Å². The molecule has 1 amide bonds. The molecule has 0 unspecified atom stereocenters. The number of benzene rings is 1.